The molecule has 4 heteroatoms. The van der Waals surface area contributed by atoms with Crippen LogP contribution in [0.15, 0.2) is 34.9 Å². The van der Waals surface area contributed by atoms with Gasteiger partial charge in [0, 0.05) is 28.3 Å². The van der Waals surface area contributed by atoms with E-state index in [1.807, 2.05) is 18.3 Å². The second-order valence-electron chi connectivity index (χ2n) is 5.18. The van der Waals surface area contributed by atoms with Crippen LogP contribution in [0.25, 0.3) is 10.9 Å². The summed E-state index contributed by atoms with van der Waals surface area (Å²) in [4.78, 5) is 6.77. The van der Waals surface area contributed by atoms with Gasteiger partial charge in [-0.2, -0.15) is 0 Å². The zero-order valence-electron chi connectivity index (χ0n) is 10.9. The standard InChI is InChI=1S/C15H17BrN2O/c1-10-6-8-18(14(10)9-19)13-5-7-17-15-11(13)3-2-4-12(15)16/h2-5,7,10,14,19H,6,8-9H2,1H3. The Morgan fingerprint density at radius 2 is 2.26 bits per heavy atom. The fourth-order valence-electron chi connectivity index (χ4n) is 2.96. The minimum absolute atomic E-state index is 0.207. The highest BCUT2D eigenvalue weighted by Crippen LogP contribution is 2.35. The molecule has 2 heterocycles. The van der Waals surface area contributed by atoms with Crippen LogP contribution in [-0.4, -0.2) is 29.3 Å². The van der Waals surface area contributed by atoms with E-state index in [1.165, 1.54) is 5.69 Å². The number of hydrogen-bond donors (Lipinski definition) is 1. The van der Waals surface area contributed by atoms with Crippen LogP contribution >= 0.6 is 15.9 Å². The maximum Gasteiger partial charge on any atom is 0.0864 e. The molecule has 1 aliphatic heterocycles. The van der Waals surface area contributed by atoms with Crippen molar-refractivity contribution in [1.82, 2.24) is 4.98 Å². The molecule has 1 fully saturated rings. The first-order valence-electron chi connectivity index (χ1n) is 6.63. The third kappa shape index (κ3) is 2.13. The molecule has 1 N–H and O–H groups in total. The number of rotatable bonds is 2. The van der Waals surface area contributed by atoms with E-state index in [0.29, 0.717) is 5.92 Å². The lowest BCUT2D eigenvalue weighted by molar-refractivity contribution is 0.245. The summed E-state index contributed by atoms with van der Waals surface area (Å²) in [6, 6.07) is 8.40. The van der Waals surface area contributed by atoms with Crippen LogP contribution in [-0.2, 0) is 0 Å². The van der Waals surface area contributed by atoms with Gasteiger partial charge < -0.3 is 10.0 Å². The second-order valence-corrected chi connectivity index (χ2v) is 6.03. The van der Waals surface area contributed by atoms with E-state index in [2.05, 4.69) is 44.9 Å². The summed E-state index contributed by atoms with van der Waals surface area (Å²) in [6.45, 7) is 3.41. The third-order valence-corrected chi connectivity index (χ3v) is 4.72. The number of aliphatic hydroxyl groups excluding tert-OH is 1. The van der Waals surface area contributed by atoms with Gasteiger partial charge in [0.25, 0.3) is 0 Å². The van der Waals surface area contributed by atoms with Crippen molar-refractivity contribution in [1.29, 1.82) is 0 Å². The number of para-hydroxylation sites is 1. The summed E-state index contributed by atoms with van der Waals surface area (Å²) in [6.07, 6.45) is 2.98. The normalized spacial score (nSPS) is 23.2. The molecule has 2 aromatic rings. The van der Waals surface area contributed by atoms with Crippen molar-refractivity contribution < 1.29 is 5.11 Å². The minimum Gasteiger partial charge on any atom is -0.394 e. The van der Waals surface area contributed by atoms with E-state index < -0.39 is 0 Å². The number of benzene rings is 1. The summed E-state index contributed by atoms with van der Waals surface area (Å²) in [5.74, 6) is 0.528. The maximum atomic E-state index is 9.63. The molecule has 0 radical (unpaired) electrons. The zero-order chi connectivity index (χ0) is 13.4. The van der Waals surface area contributed by atoms with E-state index in [9.17, 15) is 5.11 Å². The predicted octanol–water partition coefficient (Wildman–Crippen LogP) is 3.20. The lowest BCUT2D eigenvalue weighted by Gasteiger charge is -2.28. The fraction of sp³-hybridized carbons (Fsp3) is 0.400. The molecule has 0 aliphatic carbocycles. The van der Waals surface area contributed by atoms with Gasteiger partial charge in [-0.15, -0.1) is 0 Å². The molecule has 2 atom stereocenters. The lowest BCUT2D eigenvalue weighted by atomic mass is 10.0. The molecule has 1 aliphatic rings. The Morgan fingerprint density at radius 3 is 3.05 bits per heavy atom. The van der Waals surface area contributed by atoms with Crippen molar-refractivity contribution in [3.05, 3.63) is 34.9 Å². The van der Waals surface area contributed by atoms with Gasteiger partial charge in [0.05, 0.1) is 18.2 Å². The summed E-state index contributed by atoms with van der Waals surface area (Å²) in [7, 11) is 0. The largest absolute Gasteiger partial charge is 0.394 e. The van der Waals surface area contributed by atoms with E-state index in [4.69, 9.17) is 0 Å². The quantitative estimate of drug-likeness (QED) is 0.923. The Labute approximate surface area is 121 Å². The average Bonchev–Trinajstić information content (AvgIpc) is 2.79. The monoisotopic (exact) mass is 320 g/mol. The van der Waals surface area contributed by atoms with Crippen molar-refractivity contribution in [2.45, 2.75) is 19.4 Å². The number of nitrogens with zero attached hydrogens (tertiary/aromatic N) is 2. The number of hydrogen-bond acceptors (Lipinski definition) is 3. The van der Waals surface area contributed by atoms with Crippen LogP contribution in [0.3, 0.4) is 0 Å². The molecule has 0 spiro atoms. The van der Waals surface area contributed by atoms with Crippen molar-refractivity contribution >= 4 is 32.5 Å². The molecule has 0 amide bonds. The van der Waals surface area contributed by atoms with Gasteiger partial charge in [0.15, 0.2) is 0 Å². The molecule has 1 aromatic carbocycles. The van der Waals surface area contributed by atoms with Crippen LogP contribution in [0, 0.1) is 5.92 Å². The first-order valence-corrected chi connectivity index (χ1v) is 7.42. The molecule has 3 nitrogen and oxygen atoms in total. The second kappa shape index (κ2) is 5.10. The highest BCUT2D eigenvalue weighted by Gasteiger charge is 2.31. The fourth-order valence-corrected chi connectivity index (χ4v) is 3.43. The molecule has 0 saturated carbocycles. The Morgan fingerprint density at radius 1 is 1.42 bits per heavy atom. The van der Waals surface area contributed by atoms with Gasteiger partial charge in [-0.05, 0) is 40.4 Å². The Hall–Kier alpha value is -1.13. The van der Waals surface area contributed by atoms with Gasteiger partial charge in [-0.25, -0.2) is 0 Å². The number of anilines is 1. The molecule has 0 bridgehead atoms. The highest BCUT2D eigenvalue weighted by molar-refractivity contribution is 9.10. The first kappa shape index (κ1) is 12.9. The molecular weight excluding hydrogens is 304 g/mol. The number of pyridine rings is 1. The van der Waals surface area contributed by atoms with Crippen molar-refractivity contribution in [3.63, 3.8) is 0 Å². The van der Waals surface area contributed by atoms with Crippen molar-refractivity contribution in [2.24, 2.45) is 5.92 Å². The number of fused-ring (bicyclic) bond motifs is 1. The van der Waals surface area contributed by atoms with E-state index >= 15 is 0 Å². The van der Waals surface area contributed by atoms with Crippen molar-refractivity contribution in [3.8, 4) is 0 Å². The predicted molar refractivity (Wildman–Crippen MR) is 81.4 cm³/mol. The summed E-state index contributed by atoms with van der Waals surface area (Å²) in [5.41, 5.74) is 2.16. The Bertz CT molecular complexity index is 602. The number of halogens is 1. The highest BCUT2D eigenvalue weighted by atomic mass is 79.9. The lowest BCUT2D eigenvalue weighted by Crippen LogP contribution is -2.35. The molecule has 1 aromatic heterocycles. The Balaban J connectivity index is 2.13. The number of aromatic nitrogens is 1. The summed E-state index contributed by atoms with van der Waals surface area (Å²) < 4.78 is 1.01. The SMILES string of the molecule is CC1CCN(c2ccnc3c(Br)cccc23)C1CO. The molecule has 2 unspecified atom stereocenters. The number of aliphatic hydroxyl groups is 1. The molecular formula is C15H17BrN2O. The minimum atomic E-state index is 0.207. The maximum absolute atomic E-state index is 9.63. The van der Waals surface area contributed by atoms with E-state index in [0.717, 1.165) is 28.3 Å². The molecule has 1 saturated heterocycles. The van der Waals surface area contributed by atoms with E-state index in [1.54, 1.807) is 0 Å². The van der Waals surface area contributed by atoms with Gasteiger partial charge in [-0.1, -0.05) is 19.1 Å². The van der Waals surface area contributed by atoms with Crippen LogP contribution in [0.4, 0.5) is 5.69 Å². The van der Waals surface area contributed by atoms with Crippen LogP contribution < -0.4 is 4.90 Å². The van der Waals surface area contributed by atoms with Crippen molar-refractivity contribution in [2.75, 3.05) is 18.1 Å². The zero-order valence-corrected chi connectivity index (χ0v) is 12.5. The Kier molecular flexibility index (Phi) is 3.46. The van der Waals surface area contributed by atoms with Gasteiger partial charge in [0.1, 0.15) is 0 Å². The molecule has 19 heavy (non-hydrogen) atoms. The molecule has 100 valence electrons. The third-order valence-electron chi connectivity index (χ3n) is 4.08. The van der Waals surface area contributed by atoms with Gasteiger partial charge in [-0.3, -0.25) is 4.98 Å². The average molecular weight is 321 g/mol. The van der Waals surface area contributed by atoms with Crippen LogP contribution in [0.2, 0.25) is 0 Å². The smallest absolute Gasteiger partial charge is 0.0864 e. The van der Waals surface area contributed by atoms with Crippen LogP contribution in [0.5, 0.6) is 0 Å². The first-order chi connectivity index (χ1) is 9.22. The topological polar surface area (TPSA) is 36.4 Å². The summed E-state index contributed by atoms with van der Waals surface area (Å²) in [5, 5.41) is 10.8. The van der Waals surface area contributed by atoms with Gasteiger partial charge in [0.2, 0.25) is 0 Å². The van der Waals surface area contributed by atoms with Gasteiger partial charge >= 0.3 is 0 Å². The van der Waals surface area contributed by atoms with E-state index in [-0.39, 0.29) is 12.6 Å². The molecule has 3 rings (SSSR count). The summed E-state index contributed by atoms with van der Waals surface area (Å²) >= 11 is 3.55. The van der Waals surface area contributed by atoms with Crippen LogP contribution in [0.1, 0.15) is 13.3 Å².